The first-order chi connectivity index (χ1) is 34.8. The van der Waals surface area contributed by atoms with Gasteiger partial charge in [0.05, 0.1) is 44.5 Å². The molecule has 0 N–H and O–H groups in total. The number of para-hydroxylation sites is 2. The summed E-state index contributed by atoms with van der Waals surface area (Å²) in [5.41, 5.74) is 21.1. The summed E-state index contributed by atoms with van der Waals surface area (Å²) in [6.07, 6.45) is 9.85. The van der Waals surface area contributed by atoms with E-state index < -0.39 is 0 Å². The fraction of sp³-hybridized carbons (Fsp3) is 0.141. The zero-order chi connectivity index (χ0) is 47.9. The molecule has 0 saturated heterocycles. The number of imidazole rings is 1. The van der Waals surface area contributed by atoms with E-state index >= 15 is 0 Å². The molecule has 13 rings (SSSR count). The number of aromatic nitrogens is 6. The Bertz CT molecular complexity index is 4130. The van der Waals surface area contributed by atoms with E-state index in [0.29, 0.717) is 11.8 Å². The molecular formula is C64H52N6O. The number of rotatable bonds is 10. The number of fused-ring (bicyclic) bond motifs is 9. The third kappa shape index (κ3) is 6.98. The minimum Gasteiger partial charge on any atom is -0.454 e. The van der Waals surface area contributed by atoms with Crippen molar-refractivity contribution in [2.24, 2.45) is 0 Å². The summed E-state index contributed by atoms with van der Waals surface area (Å²) in [6.45, 7) is 11.2. The number of hydrogen-bond donors (Lipinski definition) is 0. The van der Waals surface area contributed by atoms with Crippen molar-refractivity contribution in [1.82, 2.24) is 28.7 Å². The Morgan fingerprint density at radius 2 is 1.20 bits per heavy atom. The quantitative estimate of drug-likeness (QED) is 0.137. The molecule has 7 aromatic carbocycles. The minimum absolute atomic E-state index is 0.362. The van der Waals surface area contributed by atoms with Crippen LogP contribution in [-0.2, 0) is 0 Å². The maximum absolute atomic E-state index is 6.74. The zero-order valence-electron chi connectivity index (χ0n) is 40.6. The first-order valence-corrected chi connectivity index (χ1v) is 24.8. The van der Waals surface area contributed by atoms with Crippen LogP contribution in [0.15, 0.2) is 193 Å². The fourth-order valence-corrected chi connectivity index (χ4v) is 11.7. The molecule has 0 amide bonds. The second kappa shape index (κ2) is 16.8. The Balaban J connectivity index is 0.854. The topological polar surface area (TPSA) is 66.6 Å². The van der Waals surface area contributed by atoms with E-state index in [0.717, 1.165) is 113 Å². The van der Waals surface area contributed by atoms with E-state index in [1.54, 1.807) is 0 Å². The molecule has 71 heavy (non-hydrogen) atoms. The van der Waals surface area contributed by atoms with Gasteiger partial charge in [-0.25, -0.2) is 4.98 Å². The van der Waals surface area contributed by atoms with Gasteiger partial charge in [0.2, 0.25) is 0 Å². The molecule has 13 aromatic rings. The molecule has 0 aliphatic heterocycles. The molecule has 0 bridgehead atoms. The largest absolute Gasteiger partial charge is 0.454 e. The smallest absolute Gasteiger partial charge is 0.159 e. The lowest BCUT2D eigenvalue weighted by atomic mass is 9.84. The number of pyridine rings is 2. The molecule has 0 radical (unpaired) electrons. The summed E-state index contributed by atoms with van der Waals surface area (Å²) >= 11 is 0. The van der Waals surface area contributed by atoms with E-state index in [2.05, 4.69) is 200 Å². The number of benzene rings is 7. The highest BCUT2D eigenvalue weighted by molar-refractivity contribution is 6.13. The molecule has 2 unspecified atom stereocenters. The van der Waals surface area contributed by atoms with Crippen LogP contribution in [0.25, 0.3) is 105 Å². The van der Waals surface area contributed by atoms with Crippen molar-refractivity contribution in [2.45, 2.75) is 59.3 Å². The Hall–Kier alpha value is -8.55. The van der Waals surface area contributed by atoms with E-state index in [4.69, 9.17) is 19.4 Å². The molecule has 0 spiro atoms. The van der Waals surface area contributed by atoms with E-state index in [1.165, 1.54) is 33.5 Å². The maximum atomic E-state index is 6.74. The van der Waals surface area contributed by atoms with Crippen LogP contribution >= 0.6 is 0 Å². The average Bonchev–Trinajstić information content (AvgIpc) is 4.19. The number of hydrogen-bond acceptors (Lipinski definition) is 4. The van der Waals surface area contributed by atoms with Gasteiger partial charge in [0.25, 0.3) is 0 Å². The van der Waals surface area contributed by atoms with Crippen LogP contribution in [0.1, 0.15) is 66.3 Å². The summed E-state index contributed by atoms with van der Waals surface area (Å²) in [5.74, 6) is 1.70. The molecule has 6 heterocycles. The van der Waals surface area contributed by atoms with Crippen molar-refractivity contribution < 1.29 is 4.42 Å². The fourth-order valence-electron chi connectivity index (χ4n) is 11.7. The lowest BCUT2D eigenvalue weighted by Crippen LogP contribution is -2.05. The standard InChI is InChI=1S/C64H52N6O/c1-6-43(34-40(3)44-22-24-45(25-23-44)64-67-30-31-68(64)62-41(4)32-39(2)33-42(62)5)46-14-11-15-49(35-46)69-55-27-26-47(36-53(55)61-56(69)19-12-29-66-61)48-37-52-50-16-8-10-21-59(50)71-63(52)58(38-48)70-54-18-9-7-17-51(54)60-57(70)20-13-28-65-60/h7-33,35-38,40,43H,6,34H2,1-5H3. The summed E-state index contributed by atoms with van der Waals surface area (Å²) < 4.78 is 13.7. The van der Waals surface area contributed by atoms with E-state index in [1.807, 2.05) is 36.8 Å². The van der Waals surface area contributed by atoms with Crippen LogP contribution in [0.5, 0.6) is 0 Å². The van der Waals surface area contributed by atoms with Crippen LogP contribution in [0.3, 0.4) is 0 Å². The summed E-state index contributed by atoms with van der Waals surface area (Å²) in [4.78, 5) is 14.7. The van der Waals surface area contributed by atoms with Gasteiger partial charge in [-0.2, -0.15) is 0 Å². The minimum atomic E-state index is 0.362. The third-order valence-electron chi connectivity index (χ3n) is 15.0. The zero-order valence-corrected chi connectivity index (χ0v) is 40.6. The number of aryl methyl sites for hydroxylation is 3. The van der Waals surface area contributed by atoms with Crippen LogP contribution < -0.4 is 0 Å². The molecule has 7 nitrogen and oxygen atoms in total. The monoisotopic (exact) mass is 920 g/mol. The average molecular weight is 921 g/mol. The molecule has 0 saturated carbocycles. The molecule has 7 heteroatoms. The Labute approximate surface area is 412 Å². The van der Waals surface area contributed by atoms with Crippen LogP contribution in [0.2, 0.25) is 0 Å². The van der Waals surface area contributed by atoms with Crippen LogP contribution in [-0.4, -0.2) is 28.7 Å². The van der Waals surface area contributed by atoms with Crippen molar-refractivity contribution in [1.29, 1.82) is 0 Å². The molecule has 0 aliphatic carbocycles. The highest BCUT2D eigenvalue weighted by Gasteiger charge is 2.23. The van der Waals surface area contributed by atoms with Crippen molar-refractivity contribution in [3.63, 3.8) is 0 Å². The number of furan rings is 1. The first-order valence-electron chi connectivity index (χ1n) is 24.8. The Kier molecular flexibility index (Phi) is 10.1. The lowest BCUT2D eigenvalue weighted by Gasteiger charge is -2.22. The molecule has 0 fully saturated rings. The van der Waals surface area contributed by atoms with Gasteiger partial charge in [0, 0.05) is 57.6 Å². The van der Waals surface area contributed by atoms with Crippen molar-refractivity contribution in [3.05, 3.63) is 216 Å². The van der Waals surface area contributed by atoms with Gasteiger partial charge in [-0.05, 0) is 152 Å². The SMILES string of the molecule is CCC(CC(C)c1ccc(-c2nccn2-c2c(C)cc(C)cc2C)cc1)c1cccc(-n2c3ccc(-c4cc(-n5c6ccccc6c6ncccc65)c5oc6ccccc6c5c4)cc3c3ncccc32)c1. The van der Waals surface area contributed by atoms with Crippen molar-refractivity contribution in [3.8, 4) is 39.6 Å². The summed E-state index contributed by atoms with van der Waals surface area (Å²) in [5, 5.41) is 4.38. The highest BCUT2D eigenvalue weighted by atomic mass is 16.3. The first kappa shape index (κ1) is 42.5. The normalized spacial score (nSPS) is 12.9. The van der Waals surface area contributed by atoms with Gasteiger partial charge < -0.3 is 13.6 Å². The molecular weight excluding hydrogens is 869 g/mol. The van der Waals surface area contributed by atoms with Crippen LogP contribution in [0.4, 0.5) is 0 Å². The van der Waals surface area contributed by atoms with Gasteiger partial charge in [-0.1, -0.05) is 110 Å². The second-order valence-electron chi connectivity index (χ2n) is 19.5. The molecule has 344 valence electrons. The van der Waals surface area contributed by atoms with Gasteiger partial charge >= 0.3 is 0 Å². The van der Waals surface area contributed by atoms with Gasteiger partial charge in [-0.15, -0.1) is 0 Å². The van der Waals surface area contributed by atoms with E-state index in [-0.39, 0.29) is 0 Å². The molecule has 0 aliphatic rings. The molecule has 2 atom stereocenters. The summed E-state index contributed by atoms with van der Waals surface area (Å²) in [7, 11) is 0. The number of nitrogens with zero attached hydrogens (tertiary/aromatic N) is 6. The Morgan fingerprint density at radius 1 is 0.521 bits per heavy atom. The highest BCUT2D eigenvalue weighted by Crippen LogP contribution is 2.42. The predicted molar refractivity (Wildman–Crippen MR) is 293 cm³/mol. The maximum Gasteiger partial charge on any atom is 0.159 e. The second-order valence-corrected chi connectivity index (χ2v) is 19.5. The van der Waals surface area contributed by atoms with Gasteiger partial charge in [0.15, 0.2) is 5.58 Å². The van der Waals surface area contributed by atoms with Gasteiger partial charge in [0.1, 0.15) is 11.4 Å². The Morgan fingerprint density at radius 3 is 1.99 bits per heavy atom. The van der Waals surface area contributed by atoms with Crippen molar-refractivity contribution >= 4 is 65.8 Å². The predicted octanol–water partition coefficient (Wildman–Crippen LogP) is 16.7. The molecule has 6 aromatic heterocycles. The van der Waals surface area contributed by atoms with E-state index in [9.17, 15) is 0 Å². The third-order valence-corrected chi connectivity index (χ3v) is 15.0. The van der Waals surface area contributed by atoms with Crippen LogP contribution in [0, 0.1) is 20.8 Å². The summed E-state index contributed by atoms with van der Waals surface area (Å²) in [6, 6.07) is 59.5. The van der Waals surface area contributed by atoms with Crippen molar-refractivity contribution in [2.75, 3.05) is 0 Å². The van der Waals surface area contributed by atoms with Gasteiger partial charge in [-0.3, -0.25) is 14.5 Å². The lowest BCUT2D eigenvalue weighted by molar-refractivity contribution is 0.544.